The van der Waals surface area contributed by atoms with Crippen LogP contribution in [0.25, 0.3) is 6.08 Å². The molecule has 6 heteroatoms. The van der Waals surface area contributed by atoms with Gasteiger partial charge in [-0.2, -0.15) is 0 Å². The van der Waals surface area contributed by atoms with Gasteiger partial charge in [-0.05, 0) is 30.9 Å². The Bertz CT molecular complexity index is 577. The first-order valence-electron chi connectivity index (χ1n) is 6.19. The van der Waals surface area contributed by atoms with Crippen molar-refractivity contribution in [3.8, 4) is 0 Å². The number of carbonyl (C=O) groups is 3. The summed E-state index contributed by atoms with van der Waals surface area (Å²) in [4.78, 5) is 35.0. The minimum atomic E-state index is -0.906. The largest absolute Gasteiger partial charge is 0.463 e. The van der Waals surface area contributed by atoms with Crippen LogP contribution in [0, 0.1) is 0 Å². The van der Waals surface area contributed by atoms with Gasteiger partial charge < -0.3 is 9.47 Å². The highest BCUT2D eigenvalue weighted by molar-refractivity contribution is 7.98. The van der Waals surface area contributed by atoms with E-state index in [1.165, 1.54) is 23.9 Å². The Labute approximate surface area is 127 Å². The molecule has 0 atom stereocenters. The van der Waals surface area contributed by atoms with E-state index in [0.29, 0.717) is 6.61 Å². The number of ketones is 1. The third-order valence-corrected chi connectivity index (χ3v) is 3.35. The maximum absolute atomic E-state index is 11.7. The van der Waals surface area contributed by atoms with Gasteiger partial charge >= 0.3 is 11.9 Å². The van der Waals surface area contributed by atoms with E-state index in [9.17, 15) is 14.4 Å². The Morgan fingerprint density at radius 3 is 2.57 bits per heavy atom. The van der Waals surface area contributed by atoms with E-state index in [-0.39, 0.29) is 5.56 Å². The second-order valence-corrected chi connectivity index (χ2v) is 4.71. The fourth-order valence-corrected chi connectivity index (χ4v) is 2.17. The number of carbonyl (C=O) groups excluding carboxylic acids is 3. The molecule has 1 rings (SSSR count). The second-order valence-electron chi connectivity index (χ2n) is 3.86. The topological polar surface area (TPSA) is 69.7 Å². The molecule has 1 aromatic carbocycles. The maximum atomic E-state index is 11.7. The number of ether oxygens (including phenoxy) is 2. The van der Waals surface area contributed by atoms with E-state index in [1.807, 2.05) is 6.26 Å². The zero-order chi connectivity index (χ0) is 15.8. The van der Waals surface area contributed by atoms with Crippen molar-refractivity contribution < 1.29 is 23.9 Å². The first-order valence-corrected chi connectivity index (χ1v) is 7.41. The molecule has 0 spiro atoms. The molecule has 0 N–H and O–H groups in total. The summed E-state index contributed by atoms with van der Waals surface area (Å²) in [7, 11) is 1.16. The zero-order valence-corrected chi connectivity index (χ0v) is 12.9. The Balaban J connectivity index is 3.02. The van der Waals surface area contributed by atoms with E-state index >= 15 is 0 Å². The van der Waals surface area contributed by atoms with Gasteiger partial charge in [0.2, 0.25) is 0 Å². The molecule has 0 aromatic heterocycles. The van der Waals surface area contributed by atoms with Crippen molar-refractivity contribution in [3.63, 3.8) is 0 Å². The third-order valence-electron chi connectivity index (χ3n) is 2.55. The Morgan fingerprint density at radius 1 is 1.29 bits per heavy atom. The van der Waals surface area contributed by atoms with Gasteiger partial charge in [-0.15, -0.1) is 11.8 Å². The maximum Gasteiger partial charge on any atom is 0.379 e. The van der Waals surface area contributed by atoms with Crippen molar-refractivity contribution in [2.75, 3.05) is 20.0 Å². The number of thioether (sulfide) groups is 1. The van der Waals surface area contributed by atoms with Crippen LogP contribution >= 0.6 is 11.8 Å². The lowest BCUT2D eigenvalue weighted by Crippen LogP contribution is -2.15. The summed E-state index contributed by atoms with van der Waals surface area (Å²) in [5.41, 5.74) is 1.01. The van der Waals surface area contributed by atoms with Gasteiger partial charge in [0, 0.05) is 16.5 Å². The molecule has 0 bridgehead atoms. The van der Waals surface area contributed by atoms with Crippen LogP contribution in [0.5, 0.6) is 0 Å². The first-order chi connectivity index (χ1) is 10.0. The van der Waals surface area contributed by atoms with Gasteiger partial charge in [0.05, 0.1) is 13.7 Å². The van der Waals surface area contributed by atoms with E-state index in [0.717, 1.165) is 17.6 Å². The van der Waals surface area contributed by atoms with Crippen LogP contribution in [0.15, 0.2) is 29.2 Å². The van der Waals surface area contributed by atoms with Crippen LogP contribution in [0.2, 0.25) is 0 Å². The molecule has 0 heterocycles. The molecule has 112 valence electrons. The summed E-state index contributed by atoms with van der Waals surface area (Å²) in [5.74, 6) is -2.04. The van der Waals surface area contributed by atoms with Crippen LogP contribution in [-0.2, 0) is 19.1 Å². The highest BCUT2D eigenvalue weighted by atomic mass is 32.2. The molecule has 0 amide bonds. The van der Waals surface area contributed by atoms with Crippen molar-refractivity contribution in [2.45, 2.75) is 11.8 Å². The van der Waals surface area contributed by atoms with Gasteiger partial charge in [-0.3, -0.25) is 4.79 Å². The zero-order valence-electron chi connectivity index (χ0n) is 12.0. The molecule has 5 nitrogen and oxygen atoms in total. The molecular formula is C15H16O5S. The normalized spacial score (nSPS) is 10.4. The number of benzene rings is 1. The molecule has 1 aromatic rings. The molecule has 0 aliphatic heterocycles. The lowest BCUT2D eigenvalue weighted by atomic mass is 10.1. The molecule has 0 aliphatic carbocycles. The van der Waals surface area contributed by atoms with Crippen molar-refractivity contribution >= 4 is 35.6 Å². The lowest BCUT2D eigenvalue weighted by molar-refractivity contribution is -0.137. The van der Waals surface area contributed by atoms with Crippen LogP contribution in [0.3, 0.4) is 0 Å². The Kier molecular flexibility index (Phi) is 6.68. The van der Waals surface area contributed by atoms with Crippen LogP contribution < -0.4 is 0 Å². The Morgan fingerprint density at radius 2 is 2.00 bits per heavy atom. The predicted octanol–water partition coefficient (Wildman–Crippen LogP) is 2.34. The van der Waals surface area contributed by atoms with E-state index in [4.69, 9.17) is 4.74 Å². The van der Waals surface area contributed by atoms with Crippen LogP contribution in [0.1, 0.15) is 22.8 Å². The molecule has 0 saturated carbocycles. The van der Waals surface area contributed by atoms with E-state index in [1.54, 1.807) is 25.1 Å². The SMILES string of the molecule is CCOC(=O)/C=C/c1ccc(C(=O)C(=O)OC)cc1SC. The predicted molar refractivity (Wildman–Crippen MR) is 80.2 cm³/mol. The molecule has 0 radical (unpaired) electrons. The standard InChI is InChI=1S/C15H16O5S/c1-4-20-13(16)8-7-10-5-6-11(9-12(10)21-3)14(17)15(18)19-2/h5-9H,4H2,1-3H3/b8-7+. The fourth-order valence-electron chi connectivity index (χ4n) is 1.55. The van der Waals surface area contributed by atoms with E-state index < -0.39 is 17.7 Å². The number of esters is 2. The summed E-state index contributed by atoms with van der Waals surface area (Å²) in [6, 6.07) is 4.77. The highest BCUT2D eigenvalue weighted by Crippen LogP contribution is 2.23. The minimum Gasteiger partial charge on any atom is -0.463 e. The molecule has 0 unspecified atom stereocenters. The van der Waals surface area contributed by atoms with Crippen molar-refractivity contribution in [2.24, 2.45) is 0 Å². The van der Waals surface area contributed by atoms with Gasteiger partial charge in [0.1, 0.15) is 0 Å². The van der Waals surface area contributed by atoms with Crippen molar-refractivity contribution in [1.82, 2.24) is 0 Å². The van der Waals surface area contributed by atoms with Crippen LogP contribution in [0.4, 0.5) is 0 Å². The Hall–Kier alpha value is -2.08. The fraction of sp³-hybridized carbons (Fsp3) is 0.267. The first kappa shape index (κ1) is 17.0. The summed E-state index contributed by atoms with van der Waals surface area (Å²) in [5, 5.41) is 0. The average Bonchev–Trinajstić information content (AvgIpc) is 2.51. The van der Waals surface area contributed by atoms with Gasteiger partial charge in [0.15, 0.2) is 0 Å². The molecule has 0 aliphatic rings. The monoisotopic (exact) mass is 308 g/mol. The number of Topliss-reactive ketones (excluding diaryl/α,β-unsaturated/α-hetero) is 1. The van der Waals surface area contributed by atoms with E-state index in [2.05, 4.69) is 4.74 Å². The molecule has 21 heavy (non-hydrogen) atoms. The minimum absolute atomic E-state index is 0.250. The number of methoxy groups -OCH3 is 1. The average molecular weight is 308 g/mol. The molecule has 0 fully saturated rings. The van der Waals surface area contributed by atoms with Crippen molar-refractivity contribution in [3.05, 3.63) is 35.4 Å². The third kappa shape index (κ3) is 4.75. The quantitative estimate of drug-likeness (QED) is 0.264. The van der Waals surface area contributed by atoms with Gasteiger partial charge in [-0.1, -0.05) is 12.1 Å². The summed E-state index contributed by atoms with van der Waals surface area (Å²) in [6.07, 6.45) is 4.76. The van der Waals surface area contributed by atoms with Gasteiger partial charge in [-0.25, -0.2) is 9.59 Å². The highest BCUT2D eigenvalue weighted by Gasteiger charge is 2.17. The summed E-state index contributed by atoms with van der Waals surface area (Å²) in [6.45, 7) is 2.04. The molecular weight excluding hydrogens is 292 g/mol. The van der Waals surface area contributed by atoms with Crippen LogP contribution in [-0.4, -0.2) is 37.7 Å². The number of hydrogen-bond donors (Lipinski definition) is 0. The number of hydrogen-bond acceptors (Lipinski definition) is 6. The number of rotatable bonds is 6. The lowest BCUT2D eigenvalue weighted by Gasteiger charge is -2.06. The smallest absolute Gasteiger partial charge is 0.379 e. The second kappa shape index (κ2) is 8.26. The van der Waals surface area contributed by atoms with Gasteiger partial charge in [0.25, 0.3) is 5.78 Å². The van der Waals surface area contributed by atoms with Crippen molar-refractivity contribution in [1.29, 1.82) is 0 Å². The summed E-state index contributed by atoms with van der Waals surface area (Å²) < 4.78 is 9.20. The summed E-state index contributed by atoms with van der Waals surface area (Å²) >= 11 is 1.40. The molecule has 0 saturated heterocycles.